The van der Waals surface area contributed by atoms with Crippen LogP contribution in [-0.4, -0.2) is 39.7 Å². The number of nitrogens with one attached hydrogen (secondary N) is 1. The van der Waals surface area contributed by atoms with E-state index in [0.29, 0.717) is 22.0 Å². The van der Waals surface area contributed by atoms with E-state index in [1.807, 2.05) is 0 Å². The van der Waals surface area contributed by atoms with E-state index in [4.69, 9.17) is 10.6 Å². The van der Waals surface area contributed by atoms with Crippen molar-refractivity contribution >= 4 is 29.7 Å². The van der Waals surface area contributed by atoms with Crippen LogP contribution in [0.4, 0.5) is 10.3 Å². The first-order valence-electron chi connectivity index (χ1n) is 8.12. The summed E-state index contributed by atoms with van der Waals surface area (Å²) in [7, 11) is 1.56. The van der Waals surface area contributed by atoms with Gasteiger partial charge in [0.05, 0.1) is 19.1 Å². The Morgan fingerprint density at radius 1 is 1.29 bits per heavy atom. The van der Waals surface area contributed by atoms with Gasteiger partial charge in [0.2, 0.25) is 5.16 Å². The molecule has 0 fully saturated rings. The number of thioether (sulfide) groups is 1. The second-order valence-electron chi connectivity index (χ2n) is 5.51. The normalized spacial score (nSPS) is 10.9. The van der Waals surface area contributed by atoms with E-state index in [2.05, 4.69) is 20.7 Å². The number of hydrogen-bond acceptors (Lipinski definition) is 8. The van der Waals surface area contributed by atoms with Gasteiger partial charge in [-0.15, -0.1) is 10.2 Å². The summed E-state index contributed by atoms with van der Waals surface area (Å²) in [6, 6.07) is 13.0. The molecule has 3 rings (SSSR count). The van der Waals surface area contributed by atoms with Gasteiger partial charge in [0.25, 0.3) is 5.95 Å². The number of aromatic nitrogens is 3. The van der Waals surface area contributed by atoms with Gasteiger partial charge in [0.15, 0.2) is 5.78 Å². The standard InChI is InChI=1S/C18H17FN6O2S/c1-27-14-8-6-12(7-9-14)16(26)11-28-18-24-23-17(25(18)20)22-21-10-13-4-2-3-5-15(13)19/h2-10H,11,20H2,1H3,(H,22,23)/b21-10+. The molecule has 0 atom stereocenters. The molecule has 3 N–H and O–H groups in total. The van der Waals surface area contributed by atoms with Crippen LogP contribution < -0.4 is 16.0 Å². The number of methoxy groups -OCH3 is 1. The zero-order valence-electron chi connectivity index (χ0n) is 14.9. The molecule has 8 nitrogen and oxygen atoms in total. The molecule has 0 aliphatic rings. The van der Waals surface area contributed by atoms with Crippen LogP contribution >= 0.6 is 11.8 Å². The topological polar surface area (TPSA) is 107 Å². The average molecular weight is 400 g/mol. The Kier molecular flexibility index (Phi) is 6.22. The van der Waals surface area contributed by atoms with Crippen LogP contribution in [0.15, 0.2) is 58.8 Å². The van der Waals surface area contributed by atoms with Gasteiger partial charge in [-0.2, -0.15) is 5.10 Å². The third-order valence-corrected chi connectivity index (χ3v) is 4.63. The number of halogens is 1. The maximum atomic E-state index is 13.5. The minimum atomic E-state index is -0.393. The van der Waals surface area contributed by atoms with E-state index < -0.39 is 5.82 Å². The second-order valence-corrected chi connectivity index (χ2v) is 6.45. The van der Waals surface area contributed by atoms with Crippen molar-refractivity contribution in [2.75, 3.05) is 24.1 Å². The van der Waals surface area contributed by atoms with Gasteiger partial charge in [0.1, 0.15) is 11.6 Å². The summed E-state index contributed by atoms with van der Waals surface area (Å²) in [5, 5.41) is 12.0. The molecular weight excluding hydrogens is 383 g/mol. The average Bonchev–Trinajstić information content (AvgIpc) is 3.07. The third-order valence-electron chi connectivity index (χ3n) is 3.68. The van der Waals surface area contributed by atoms with Crippen molar-refractivity contribution in [1.82, 2.24) is 14.9 Å². The van der Waals surface area contributed by atoms with Crippen molar-refractivity contribution in [3.8, 4) is 5.75 Å². The predicted molar refractivity (Wildman–Crippen MR) is 106 cm³/mol. The van der Waals surface area contributed by atoms with Gasteiger partial charge in [-0.3, -0.25) is 4.79 Å². The van der Waals surface area contributed by atoms with Crippen LogP contribution in [0.1, 0.15) is 15.9 Å². The number of hydrogen-bond donors (Lipinski definition) is 2. The Balaban J connectivity index is 1.58. The first-order chi connectivity index (χ1) is 13.6. The molecule has 0 unspecified atom stereocenters. The molecule has 1 aromatic heterocycles. The molecule has 10 heteroatoms. The molecule has 28 heavy (non-hydrogen) atoms. The zero-order valence-corrected chi connectivity index (χ0v) is 15.7. The van der Waals surface area contributed by atoms with Gasteiger partial charge < -0.3 is 10.6 Å². The minimum Gasteiger partial charge on any atom is -0.497 e. The summed E-state index contributed by atoms with van der Waals surface area (Å²) in [6.45, 7) is 0. The van der Waals surface area contributed by atoms with Crippen LogP contribution in [0.5, 0.6) is 5.75 Å². The Labute approximate surface area is 164 Å². The number of carbonyl (C=O) groups excluding carboxylic acids is 1. The SMILES string of the molecule is COc1ccc(C(=O)CSc2nnc(N/N=C/c3ccccc3F)n2N)cc1. The highest BCUT2D eigenvalue weighted by Gasteiger charge is 2.13. The lowest BCUT2D eigenvalue weighted by atomic mass is 10.1. The lowest BCUT2D eigenvalue weighted by molar-refractivity contribution is 0.102. The van der Waals surface area contributed by atoms with Crippen molar-refractivity contribution in [3.05, 3.63) is 65.5 Å². The highest BCUT2D eigenvalue weighted by molar-refractivity contribution is 7.99. The molecule has 0 aliphatic carbocycles. The summed E-state index contributed by atoms with van der Waals surface area (Å²) >= 11 is 1.14. The van der Waals surface area contributed by atoms with Crippen LogP contribution in [0.2, 0.25) is 0 Å². The first-order valence-corrected chi connectivity index (χ1v) is 9.11. The first kappa shape index (κ1) is 19.4. The molecule has 0 saturated carbocycles. The Morgan fingerprint density at radius 3 is 2.75 bits per heavy atom. The Morgan fingerprint density at radius 2 is 2.04 bits per heavy atom. The van der Waals surface area contributed by atoms with Crippen molar-refractivity contribution in [2.24, 2.45) is 5.10 Å². The third kappa shape index (κ3) is 4.65. The number of ketones is 1. The molecule has 1 heterocycles. The molecular formula is C18H17FN6O2S. The van der Waals surface area contributed by atoms with E-state index in [1.54, 1.807) is 49.6 Å². The molecule has 0 saturated heterocycles. The highest BCUT2D eigenvalue weighted by Crippen LogP contribution is 2.19. The number of ether oxygens (including phenoxy) is 1. The van der Waals surface area contributed by atoms with Crippen molar-refractivity contribution < 1.29 is 13.9 Å². The van der Waals surface area contributed by atoms with E-state index in [0.717, 1.165) is 11.8 Å². The van der Waals surface area contributed by atoms with E-state index >= 15 is 0 Å². The smallest absolute Gasteiger partial charge is 0.264 e. The number of carbonyl (C=O) groups is 1. The summed E-state index contributed by atoms with van der Waals surface area (Å²) < 4.78 is 19.8. The van der Waals surface area contributed by atoms with Crippen molar-refractivity contribution in [3.63, 3.8) is 0 Å². The van der Waals surface area contributed by atoms with Crippen molar-refractivity contribution in [2.45, 2.75) is 5.16 Å². The fraction of sp³-hybridized carbons (Fsp3) is 0.111. The van der Waals surface area contributed by atoms with E-state index in [1.165, 1.54) is 17.0 Å². The molecule has 0 radical (unpaired) electrons. The number of nitrogens with two attached hydrogens (primary N) is 1. The number of Topliss-reactive ketones (excluding diaryl/α,β-unsaturated/α-hetero) is 1. The van der Waals surface area contributed by atoms with Crippen LogP contribution in [-0.2, 0) is 0 Å². The van der Waals surface area contributed by atoms with Crippen molar-refractivity contribution in [1.29, 1.82) is 0 Å². The molecule has 3 aromatic rings. The number of hydrazone groups is 1. The summed E-state index contributed by atoms with van der Waals surface area (Å²) in [4.78, 5) is 12.3. The van der Waals surface area contributed by atoms with Gasteiger partial charge >= 0.3 is 0 Å². The Hall–Kier alpha value is -3.40. The number of benzene rings is 2. The quantitative estimate of drug-likeness (QED) is 0.197. The number of anilines is 1. The summed E-state index contributed by atoms with van der Waals surface area (Å²) in [5.74, 6) is 6.41. The van der Waals surface area contributed by atoms with Crippen LogP contribution in [0, 0.1) is 5.82 Å². The van der Waals surface area contributed by atoms with Gasteiger partial charge in [0, 0.05) is 11.1 Å². The number of nitrogen functional groups attached to an aromatic ring is 1. The molecule has 144 valence electrons. The summed E-state index contributed by atoms with van der Waals surface area (Å²) in [6.07, 6.45) is 1.31. The van der Waals surface area contributed by atoms with E-state index in [9.17, 15) is 9.18 Å². The highest BCUT2D eigenvalue weighted by atomic mass is 32.2. The molecule has 2 aromatic carbocycles. The maximum absolute atomic E-state index is 13.5. The summed E-state index contributed by atoms with van der Waals surface area (Å²) in [5.41, 5.74) is 3.47. The van der Waals surface area contributed by atoms with Gasteiger partial charge in [-0.25, -0.2) is 14.5 Å². The number of rotatable bonds is 8. The second kappa shape index (κ2) is 9.00. The van der Waals surface area contributed by atoms with Crippen LogP contribution in [0.3, 0.4) is 0 Å². The maximum Gasteiger partial charge on any atom is 0.264 e. The Bertz CT molecular complexity index is 990. The minimum absolute atomic E-state index is 0.0808. The fourth-order valence-electron chi connectivity index (χ4n) is 2.18. The fourth-order valence-corrected chi connectivity index (χ4v) is 2.93. The molecule has 0 spiro atoms. The zero-order chi connectivity index (χ0) is 19.9. The van der Waals surface area contributed by atoms with Crippen LogP contribution in [0.25, 0.3) is 0 Å². The number of nitrogens with zero attached hydrogens (tertiary/aromatic N) is 4. The predicted octanol–water partition coefficient (Wildman–Crippen LogP) is 2.56. The molecule has 0 bridgehead atoms. The molecule has 0 amide bonds. The monoisotopic (exact) mass is 400 g/mol. The molecule has 0 aliphatic heterocycles. The van der Waals surface area contributed by atoms with Gasteiger partial charge in [-0.1, -0.05) is 30.0 Å². The van der Waals surface area contributed by atoms with E-state index in [-0.39, 0.29) is 17.5 Å². The largest absolute Gasteiger partial charge is 0.497 e. The lowest BCUT2D eigenvalue weighted by Gasteiger charge is -2.04. The van der Waals surface area contributed by atoms with Gasteiger partial charge in [-0.05, 0) is 30.3 Å². The lowest BCUT2D eigenvalue weighted by Crippen LogP contribution is -2.14.